The molecular formula is C14H12N2S2. The van der Waals surface area contributed by atoms with Crippen LogP contribution in [-0.4, -0.2) is 0 Å². The molecule has 0 bridgehead atoms. The summed E-state index contributed by atoms with van der Waals surface area (Å²) < 4.78 is 0. The van der Waals surface area contributed by atoms with Gasteiger partial charge >= 0.3 is 0 Å². The quantitative estimate of drug-likeness (QED) is 0.848. The van der Waals surface area contributed by atoms with Gasteiger partial charge in [-0.1, -0.05) is 6.07 Å². The second-order valence-electron chi connectivity index (χ2n) is 4.29. The lowest BCUT2D eigenvalue weighted by atomic mass is 10.1. The van der Waals surface area contributed by atoms with Crippen LogP contribution in [0.15, 0.2) is 23.6 Å². The normalized spacial score (nSPS) is 15.1. The van der Waals surface area contributed by atoms with Crippen LogP contribution in [0.25, 0.3) is 11.3 Å². The molecule has 4 heteroatoms. The largest absolute Gasteiger partial charge is 0.396 e. The number of nitrogens with two attached hydrogens (primary N) is 1. The summed E-state index contributed by atoms with van der Waals surface area (Å²) in [6.07, 6.45) is 3.56. The summed E-state index contributed by atoms with van der Waals surface area (Å²) >= 11 is 3.30. The van der Waals surface area contributed by atoms with E-state index in [1.807, 2.05) is 17.5 Å². The molecule has 0 unspecified atom stereocenters. The molecule has 0 radical (unpaired) electrons. The van der Waals surface area contributed by atoms with Crippen LogP contribution in [-0.2, 0) is 12.8 Å². The Morgan fingerprint density at radius 2 is 2.22 bits per heavy atom. The van der Waals surface area contributed by atoms with Crippen molar-refractivity contribution in [1.82, 2.24) is 0 Å². The third kappa shape index (κ3) is 1.86. The van der Waals surface area contributed by atoms with Gasteiger partial charge in [-0.3, -0.25) is 0 Å². The van der Waals surface area contributed by atoms with Gasteiger partial charge in [0.1, 0.15) is 6.07 Å². The van der Waals surface area contributed by atoms with Crippen LogP contribution in [0, 0.1) is 11.3 Å². The van der Waals surface area contributed by atoms with Gasteiger partial charge in [0, 0.05) is 9.75 Å². The molecule has 0 saturated heterocycles. The number of rotatable bonds is 2. The number of thiophene rings is 2. The first-order valence-corrected chi connectivity index (χ1v) is 7.55. The maximum absolute atomic E-state index is 9.30. The van der Waals surface area contributed by atoms with E-state index in [2.05, 4.69) is 12.1 Å². The van der Waals surface area contributed by atoms with Crippen LogP contribution >= 0.6 is 22.7 Å². The molecule has 1 aliphatic carbocycles. The average molecular weight is 272 g/mol. The molecule has 3 rings (SSSR count). The van der Waals surface area contributed by atoms with Crippen LogP contribution in [0.3, 0.4) is 0 Å². The van der Waals surface area contributed by atoms with Crippen LogP contribution < -0.4 is 5.73 Å². The van der Waals surface area contributed by atoms with E-state index >= 15 is 0 Å². The summed E-state index contributed by atoms with van der Waals surface area (Å²) in [5, 5.41) is 11.3. The van der Waals surface area contributed by atoms with Crippen LogP contribution in [0.2, 0.25) is 0 Å². The van der Waals surface area contributed by atoms with E-state index in [-0.39, 0.29) is 0 Å². The second-order valence-corrected chi connectivity index (χ2v) is 6.37. The first-order chi connectivity index (χ1) is 8.79. The number of hydrogen-bond acceptors (Lipinski definition) is 4. The van der Waals surface area contributed by atoms with Gasteiger partial charge in [-0.25, -0.2) is 0 Å². The molecule has 0 amide bonds. The molecule has 0 aliphatic heterocycles. The van der Waals surface area contributed by atoms with Gasteiger partial charge in [-0.15, -0.1) is 22.7 Å². The van der Waals surface area contributed by atoms with Crippen molar-refractivity contribution >= 4 is 33.9 Å². The van der Waals surface area contributed by atoms with E-state index in [0.29, 0.717) is 11.3 Å². The fourth-order valence-corrected chi connectivity index (χ4v) is 4.21. The highest BCUT2D eigenvalue weighted by Crippen LogP contribution is 2.35. The molecule has 2 N–H and O–H groups in total. The highest BCUT2D eigenvalue weighted by atomic mass is 32.1. The van der Waals surface area contributed by atoms with Gasteiger partial charge in [0.15, 0.2) is 0 Å². The first kappa shape index (κ1) is 11.5. The number of nitrogens with zero attached hydrogens (tertiary/aromatic N) is 1. The monoisotopic (exact) mass is 272 g/mol. The van der Waals surface area contributed by atoms with Crippen molar-refractivity contribution in [2.45, 2.75) is 19.3 Å². The number of allylic oxidation sites excluding steroid dienone is 1. The Balaban J connectivity index is 2.06. The van der Waals surface area contributed by atoms with Crippen molar-refractivity contribution in [2.24, 2.45) is 5.73 Å². The Hall–Kier alpha value is -1.57. The lowest BCUT2D eigenvalue weighted by Gasteiger charge is -2.01. The van der Waals surface area contributed by atoms with Crippen LogP contribution in [0.4, 0.5) is 0 Å². The Labute approximate surface area is 114 Å². The minimum Gasteiger partial charge on any atom is -0.396 e. The van der Waals surface area contributed by atoms with E-state index < -0.39 is 0 Å². The van der Waals surface area contributed by atoms with E-state index in [1.165, 1.54) is 16.9 Å². The van der Waals surface area contributed by atoms with Crippen molar-refractivity contribution in [3.05, 3.63) is 43.8 Å². The SMILES string of the molecule is N#C/C(=C(/N)c1cc2c(s1)CCC2)c1cccs1. The zero-order chi connectivity index (χ0) is 12.5. The summed E-state index contributed by atoms with van der Waals surface area (Å²) in [5.74, 6) is 0. The van der Waals surface area contributed by atoms with Gasteiger partial charge in [-0.2, -0.15) is 5.26 Å². The van der Waals surface area contributed by atoms with Gasteiger partial charge in [-0.05, 0) is 42.3 Å². The predicted octanol–water partition coefficient (Wildman–Crippen LogP) is 3.65. The maximum atomic E-state index is 9.30. The molecule has 0 aromatic carbocycles. The number of hydrogen-bond donors (Lipinski definition) is 1. The standard InChI is InChI=1S/C14H12N2S2/c15-8-10(12-5-2-6-17-12)14(16)13-7-9-3-1-4-11(9)18-13/h2,5-7H,1,3-4,16H2/b14-10-. The van der Waals surface area contributed by atoms with Crippen molar-refractivity contribution in [2.75, 3.05) is 0 Å². The molecule has 2 nitrogen and oxygen atoms in total. The van der Waals surface area contributed by atoms with Gasteiger partial charge in [0.25, 0.3) is 0 Å². The van der Waals surface area contributed by atoms with Gasteiger partial charge in [0.05, 0.1) is 16.1 Å². The highest BCUT2D eigenvalue weighted by Gasteiger charge is 2.18. The Bertz CT molecular complexity index is 620. The van der Waals surface area contributed by atoms with Crippen LogP contribution in [0.5, 0.6) is 0 Å². The van der Waals surface area contributed by atoms with Crippen molar-refractivity contribution < 1.29 is 0 Å². The molecule has 0 atom stereocenters. The molecule has 90 valence electrons. The summed E-state index contributed by atoms with van der Waals surface area (Å²) in [6, 6.07) is 8.28. The predicted molar refractivity (Wildman–Crippen MR) is 77.3 cm³/mol. The number of aryl methyl sites for hydroxylation is 2. The molecule has 0 saturated carbocycles. The zero-order valence-electron chi connectivity index (χ0n) is 9.77. The Morgan fingerprint density at radius 3 is 2.89 bits per heavy atom. The minimum atomic E-state index is 0.602. The van der Waals surface area contributed by atoms with Gasteiger partial charge < -0.3 is 5.73 Å². The number of nitriles is 1. The zero-order valence-corrected chi connectivity index (χ0v) is 11.4. The fourth-order valence-electron chi connectivity index (χ4n) is 2.25. The molecular weight excluding hydrogens is 260 g/mol. The summed E-state index contributed by atoms with van der Waals surface area (Å²) in [7, 11) is 0. The molecule has 18 heavy (non-hydrogen) atoms. The van der Waals surface area contributed by atoms with Crippen molar-refractivity contribution in [3.8, 4) is 6.07 Å². The minimum absolute atomic E-state index is 0.602. The van der Waals surface area contributed by atoms with Crippen molar-refractivity contribution in [1.29, 1.82) is 5.26 Å². The Kier molecular flexibility index (Phi) is 2.94. The van der Waals surface area contributed by atoms with Crippen molar-refractivity contribution in [3.63, 3.8) is 0 Å². The van der Waals surface area contributed by atoms with Gasteiger partial charge in [0.2, 0.25) is 0 Å². The molecule has 2 aromatic rings. The molecule has 0 fully saturated rings. The summed E-state index contributed by atoms with van der Waals surface area (Å²) in [6.45, 7) is 0. The maximum Gasteiger partial charge on any atom is 0.103 e. The van der Waals surface area contributed by atoms with E-state index in [4.69, 9.17) is 5.73 Å². The fraction of sp³-hybridized carbons (Fsp3) is 0.214. The van der Waals surface area contributed by atoms with E-state index in [9.17, 15) is 5.26 Å². The molecule has 1 aliphatic rings. The summed E-state index contributed by atoms with van der Waals surface area (Å²) in [4.78, 5) is 3.43. The summed E-state index contributed by atoms with van der Waals surface area (Å²) in [5.41, 5.74) is 8.82. The molecule has 2 heterocycles. The first-order valence-electron chi connectivity index (χ1n) is 5.85. The van der Waals surface area contributed by atoms with Crippen LogP contribution in [0.1, 0.15) is 26.6 Å². The molecule has 2 aromatic heterocycles. The average Bonchev–Trinajstić information content (AvgIpc) is 3.05. The third-order valence-corrected chi connectivity index (χ3v) is 5.32. The topological polar surface area (TPSA) is 49.8 Å². The van der Waals surface area contributed by atoms with E-state index in [0.717, 1.165) is 22.6 Å². The number of fused-ring (bicyclic) bond motifs is 1. The lowest BCUT2D eigenvalue weighted by molar-refractivity contribution is 0.914. The smallest absolute Gasteiger partial charge is 0.103 e. The van der Waals surface area contributed by atoms with E-state index in [1.54, 1.807) is 22.7 Å². The lowest BCUT2D eigenvalue weighted by Crippen LogP contribution is -1.97. The highest BCUT2D eigenvalue weighted by molar-refractivity contribution is 7.13. The second kappa shape index (κ2) is 4.60. The molecule has 0 spiro atoms. The third-order valence-electron chi connectivity index (χ3n) is 3.16. The Morgan fingerprint density at radius 1 is 1.33 bits per heavy atom.